The van der Waals surface area contributed by atoms with Crippen LogP contribution in [0.2, 0.25) is 5.02 Å². The molecule has 0 aliphatic heterocycles. The summed E-state index contributed by atoms with van der Waals surface area (Å²) in [7, 11) is -2.38. The van der Waals surface area contributed by atoms with Gasteiger partial charge < -0.3 is 14.6 Å². The SMILES string of the molecule is COc1ccc(-c2cc(C)no2)cc1S(=O)(=O)CCC(=O)NCc1ccc(Cl)cc1. The van der Waals surface area contributed by atoms with E-state index in [0.717, 1.165) is 5.56 Å². The van der Waals surface area contributed by atoms with Crippen molar-refractivity contribution in [1.29, 1.82) is 0 Å². The van der Waals surface area contributed by atoms with Gasteiger partial charge in [0.1, 0.15) is 10.6 Å². The smallest absolute Gasteiger partial charge is 0.221 e. The highest BCUT2D eigenvalue weighted by Gasteiger charge is 2.22. The van der Waals surface area contributed by atoms with Crippen LogP contribution in [0.25, 0.3) is 11.3 Å². The van der Waals surface area contributed by atoms with E-state index in [2.05, 4.69) is 10.5 Å². The summed E-state index contributed by atoms with van der Waals surface area (Å²) in [6, 6.07) is 13.5. The Hall–Kier alpha value is -2.84. The minimum Gasteiger partial charge on any atom is -0.495 e. The molecule has 0 radical (unpaired) electrons. The number of methoxy groups -OCH3 is 1. The van der Waals surface area contributed by atoms with Gasteiger partial charge in [-0.05, 0) is 42.8 Å². The average Bonchev–Trinajstić information content (AvgIpc) is 3.17. The lowest BCUT2D eigenvalue weighted by molar-refractivity contribution is -0.120. The first kappa shape index (κ1) is 21.9. The van der Waals surface area contributed by atoms with Gasteiger partial charge in [0.25, 0.3) is 0 Å². The van der Waals surface area contributed by atoms with Crippen molar-refractivity contribution in [2.75, 3.05) is 12.9 Å². The summed E-state index contributed by atoms with van der Waals surface area (Å²) < 4.78 is 36.2. The monoisotopic (exact) mass is 448 g/mol. The molecular formula is C21H21ClN2O5S. The van der Waals surface area contributed by atoms with Crippen molar-refractivity contribution in [1.82, 2.24) is 10.5 Å². The van der Waals surface area contributed by atoms with E-state index in [-0.39, 0.29) is 28.7 Å². The molecule has 3 rings (SSSR count). The maximum absolute atomic E-state index is 12.9. The lowest BCUT2D eigenvalue weighted by atomic mass is 10.1. The van der Waals surface area contributed by atoms with Crippen LogP contribution in [0.5, 0.6) is 5.75 Å². The molecule has 1 heterocycles. The standard InChI is InChI=1S/C21H21ClN2O5S/c1-14-11-19(29-24-14)16-5-8-18(28-2)20(12-16)30(26,27)10-9-21(25)23-13-15-3-6-17(22)7-4-15/h3-8,11-12H,9-10,13H2,1-2H3,(H,23,25). The fourth-order valence-corrected chi connectivity index (χ4v) is 4.37. The molecule has 0 spiro atoms. The summed E-state index contributed by atoms with van der Waals surface area (Å²) in [5.74, 6) is -0.0623. The highest BCUT2D eigenvalue weighted by atomic mass is 35.5. The van der Waals surface area contributed by atoms with E-state index in [1.165, 1.54) is 13.2 Å². The second-order valence-corrected chi connectivity index (χ2v) is 9.18. The van der Waals surface area contributed by atoms with Crippen LogP contribution < -0.4 is 10.1 Å². The van der Waals surface area contributed by atoms with Crippen LogP contribution in [-0.4, -0.2) is 32.3 Å². The molecule has 30 heavy (non-hydrogen) atoms. The number of ether oxygens (including phenoxy) is 1. The number of hydrogen-bond donors (Lipinski definition) is 1. The van der Waals surface area contributed by atoms with Crippen molar-refractivity contribution in [2.45, 2.75) is 24.8 Å². The number of nitrogens with one attached hydrogen (secondary N) is 1. The molecule has 1 aromatic heterocycles. The first-order valence-corrected chi connectivity index (χ1v) is 11.2. The Kier molecular flexibility index (Phi) is 6.79. The van der Waals surface area contributed by atoms with Gasteiger partial charge >= 0.3 is 0 Å². The van der Waals surface area contributed by atoms with Gasteiger partial charge in [0.2, 0.25) is 5.91 Å². The van der Waals surface area contributed by atoms with E-state index in [1.807, 2.05) is 0 Å². The predicted octanol–water partition coefficient (Wildman–Crippen LogP) is 3.79. The van der Waals surface area contributed by atoms with Crippen molar-refractivity contribution in [2.24, 2.45) is 0 Å². The second kappa shape index (κ2) is 9.32. The Morgan fingerprint density at radius 3 is 2.53 bits per heavy atom. The largest absolute Gasteiger partial charge is 0.495 e. The molecule has 3 aromatic rings. The molecule has 0 saturated carbocycles. The molecule has 1 N–H and O–H groups in total. The van der Waals surface area contributed by atoms with E-state index >= 15 is 0 Å². The fraction of sp³-hybridized carbons (Fsp3) is 0.238. The number of rotatable bonds is 8. The quantitative estimate of drug-likeness (QED) is 0.562. The number of aryl methyl sites for hydroxylation is 1. The van der Waals surface area contributed by atoms with Crippen molar-refractivity contribution >= 4 is 27.3 Å². The molecule has 0 aliphatic carbocycles. The minimum atomic E-state index is -3.78. The van der Waals surface area contributed by atoms with Gasteiger partial charge in [-0.25, -0.2) is 8.42 Å². The molecule has 0 saturated heterocycles. The molecule has 2 aromatic carbocycles. The second-order valence-electron chi connectivity index (χ2n) is 6.67. The van der Waals surface area contributed by atoms with Gasteiger partial charge in [-0.3, -0.25) is 4.79 Å². The maximum Gasteiger partial charge on any atom is 0.221 e. The lowest BCUT2D eigenvalue weighted by Gasteiger charge is -2.11. The van der Waals surface area contributed by atoms with E-state index < -0.39 is 9.84 Å². The zero-order chi connectivity index (χ0) is 21.7. The molecule has 0 aliphatic rings. The zero-order valence-electron chi connectivity index (χ0n) is 16.5. The summed E-state index contributed by atoms with van der Waals surface area (Å²) >= 11 is 5.83. The first-order chi connectivity index (χ1) is 14.3. The predicted molar refractivity (Wildman–Crippen MR) is 113 cm³/mol. The molecule has 0 atom stereocenters. The minimum absolute atomic E-state index is 0.00190. The van der Waals surface area contributed by atoms with Gasteiger partial charge in [0, 0.05) is 29.6 Å². The van der Waals surface area contributed by atoms with Gasteiger partial charge in [0.15, 0.2) is 15.6 Å². The van der Waals surface area contributed by atoms with Crippen molar-refractivity contribution in [3.63, 3.8) is 0 Å². The van der Waals surface area contributed by atoms with Crippen LogP contribution in [0.1, 0.15) is 17.7 Å². The number of hydrogen-bond acceptors (Lipinski definition) is 6. The summed E-state index contributed by atoms with van der Waals surface area (Å²) in [4.78, 5) is 12.2. The summed E-state index contributed by atoms with van der Waals surface area (Å²) in [5.41, 5.74) is 2.11. The number of benzene rings is 2. The highest BCUT2D eigenvalue weighted by Crippen LogP contribution is 2.31. The highest BCUT2D eigenvalue weighted by molar-refractivity contribution is 7.91. The van der Waals surface area contributed by atoms with Crippen molar-refractivity contribution < 1.29 is 22.5 Å². The number of carbonyl (C=O) groups is 1. The molecule has 0 unspecified atom stereocenters. The Morgan fingerprint density at radius 2 is 1.90 bits per heavy atom. The van der Waals surface area contributed by atoms with Crippen LogP contribution >= 0.6 is 11.6 Å². The Bertz CT molecular complexity index is 1140. The van der Waals surface area contributed by atoms with E-state index in [1.54, 1.807) is 49.4 Å². The van der Waals surface area contributed by atoms with E-state index in [0.29, 0.717) is 28.6 Å². The topological polar surface area (TPSA) is 98.5 Å². The average molecular weight is 449 g/mol. The summed E-state index contributed by atoms with van der Waals surface area (Å²) in [6.45, 7) is 2.07. The van der Waals surface area contributed by atoms with Crippen LogP contribution in [0.3, 0.4) is 0 Å². The molecule has 158 valence electrons. The van der Waals surface area contributed by atoms with Crippen LogP contribution in [0, 0.1) is 6.92 Å². The van der Waals surface area contributed by atoms with Gasteiger partial charge in [-0.1, -0.05) is 28.9 Å². The molecule has 0 bridgehead atoms. The Morgan fingerprint density at radius 1 is 1.17 bits per heavy atom. The third kappa shape index (κ3) is 5.40. The molecule has 9 heteroatoms. The lowest BCUT2D eigenvalue weighted by Crippen LogP contribution is -2.25. The number of aromatic nitrogens is 1. The first-order valence-electron chi connectivity index (χ1n) is 9.14. The number of nitrogens with zero attached hydrogens (tertiary/aromatic N) is 1. The molecule has 0 fully saturated rings. The number of sulfone groups is 1. The van der Waals surface area contributed by atoms with Crippen molar-refractivity contribution in [3.05, 3.63) is 64.8 Å². The third-order valence-corrected chi connectivity index (χ3v) is 6.39. The normalized spacial score (nSPS) is 11.3. The molecule has 1 amide bonds. The zero-order valence-corrected chi connectivity index (χ0v) is 18.1. The van der Waals surface area contributed by atoms with Crippen LogP contribution in [-0.2, 0) is 21.2 Å². The van der Waals surface area contributed by atoms with Gasteiger partial charge in [-0.15, -0.1) is 0 Å². The van der Waals surface area contributed by atoms with Gasteiger partial charge in [-0.2, -0.15) is 0 Å². The maximum atomic E-state index is 12.9. The summed E-state index contributed by atoms with van der Waals surface area (Å²) in [6.07, 6.45) is -0.176. The van der Waals surface area contributed by atoms with Gasteiger partial charge in [0.05, 0.1) is 18.6 Å². The van der Waals surface area contributed by atoms with Crippen LogP contribution in [0.15, 0.2) is 57.9 Å². The number of halogens is 1. The Labute approximate surface area is 179 Å². The van der Waals surface area contributed by atoms with Crippen LogP contribution in [0.4, 0.5) is 0 Å². The number of amides is 1. The van der Waals surface area contributed by atoms with E-state index in [4.69, 9.17) is 20.9 Å². The Balaban J connectivity index is 1.69. The molecule has 7 nitrogen and oxygen atoms in total. The van der Waals surface area contributed by atoms with E-state index in [9.17, 15) is 13.2 Å². The third-order valence-electron chi connectivity index (χ3n) is 4.41. The molecular weight excluding hydrogens is 428 g/mol. The fourth-order valence-electron chi connectivity index (χ4n) is 2.80. The van der Waals surface area contributed by atoms with Crippen molar-refractivity contribution in [3.8, 4) is 17.1 Å². The number of carbonyl (C=O) groups excluding carboxylic acids is 1. The summed E-state index contributed by atoms with van der Waals surface area (Å²) in [5, 5.41) is 7.14.